The van der Waals surface area contributed by atoms with Crippen LogP contribution in [-0.2, 0) is 14.6 Å². The van der Waals surface area contributed by atoms with Gasteiger partial charge in [0.15, 0.2) is 14.6 Å². The predicted molar refractivity (Wildman–Crippen MR) is 86.6 cm³/mol. The summed E-state index contributed by atoms with van der Waals surface area (Å²) in [5.41, 5.74) is 0.384. The smallest absolute Gasteiger partial charge is 0.288 e. The number of alkyl halides is 2. The van der Waals surface area contributed by atoms with Gasteiger partial charge in [0, 0.05) is 16.8 Å². The van der Waals surface area contributed by atoms with E-state index in [1.807, 2.05) is 0 Å². The molecule has 0 radical (unpaired) electrons. The Morgan fingerprint density at radius 2 is 1.83 bits per heavy atom. The van der Waals surface area contributed by atoms with Crippen LogP contribution in [0.4, 0.5) is 14.5 Å². The zero-order valence-corrected chi connectivity index (χ0v) is 14.1. The molecule has 1 aromatic carbocycles. The Labute approximate surface area is 138 Å². The lowest BCUT2D eigenvalue weighted by Gasteiger charge is -2.34. The van der Waals surface area contributed by atoms with E-state index in [9.17, 15) is 22.0 Å². The summed E-state index contributed by atoms with van der Waals surface area (Å²) >= 11 is 0.407. The minimum absolute atomic E-state index is 0.205. The SMILES string of the molecule is CS(=O)(=O)C1(C(=O)Nc2ccc(SC(F)F)cc2)CCNCC1. The molecule has 0 saturated carbocycles. The molecule has 0 aromatic heterocycles. The van der Waals surface area contributed by atoms with Crippen LogP contribution in [0, 0.1) is 0 Å². The van der Waals surface area contributed by atoms with Gasteiger partial charge in [0.05, 0.1) is 0 Å². The maximum absolute atomic E-state index is 12.6. The zero-order chi connectivity index (χ0) is 17.1. The van der Waals surface area contributed by atoms with Crippen LogP contribution in [0.5, 0.6) is 0 Å². The number of thioether (sulfide) groups is 1. The van der Waals surface area contributed by atoms with Crippen molar-refractivity contribution < 1.29 is 22.0 Å². The maximum Gasteiger partial charge on any atom is 0.288 e. The van der Waals surface area contributed by atoms with Gasteiger partial charge in [-0.2, -0.15) is 8.78 Å². The number of hydrogen-bond donors (Lipinski definition) is 2. The van der Waals surface area contributed by atoms with Crippen LogP contribution in [0.25, 0.3) is 0 Å². The minimum Gasteiger partial charge on any atom is -0.325 e. The summed E-state index contributed by atoms with van der Waals surface area (Å²) in [6.07, 6.45) is 1.48. The molecule has 0 bridgehead atoms. The normalized spacial score (nSPS) is 17.9. The van der Waals surface area contributed by atoms with Crippen LogP contribution in [0.2, 0.25) is 0 Å². The number of rotatable bonds is 5. The fraction of sp³-hybridized carbons (Fsp3) is 0.500. The molecule has 1 fully saturated rings. The third-order valence-electron chi connectivity index (χ3n) is 3.87. The van der Waals surface area contributed by atoms with Crippen molar-refractivity contribution in [2.24, 2.45) is 0 Å². The van der Waals surface area contributed by atoms with Crippen molar-refractivity contribution in [2.75, 3.05) is 24.7 Å². The summed E-state index contributed by atoms with van der Waals surface area (Å²) in [6, 6.07) is 5.89. The number of nitrogens with one attached hydrogen (secondary N) is 2. The average Bonchev–Trinajstić information content (AvgIpc) is 2.48. The summed E-state index contributed by atoms with van der Waals surface area (Å²) in [4.78, 5) is 12.9. The first-order valence-electron chi connectivity index (χ1n) is 7.01. The van der Waals surface area contributed by atoms with Gasteiger partial charge < -0.3 is 10.6 Å². The molecule has 23 heavy (non-hydrogen) atoms. The highest BCUT2D eigenvalue weighted by Gasteiger charge is 2.48. The lowest BCUT2D eigenvalue weighted by atomic mass is 9.95. The molecular weight excluding hydrogens is 346 g/mol. The summed E-state index contributed by atoms with van der Waals surface area (Å²) in [5.74, 6) is -3.09. The van der Waals surface area contributed by atoms with Gasteiger partial charge in [0.2, 0.25) is 5.91 Å². The molecule has 0 atom stereocenters. The molecule has 0 spiro atoms. The number of anilines is 1. The van der Waals surface area contributed by atoms with Crippen molar-refractivity contribution in [3.8, 4) is 0 Å². The van der Waals surface area contributed by atoms with E-state index in [4.69, 9.17) is 0 Å². The Kier molecular flexibility index (Phi) is 5.64. The maximum atomic E-state index is 12.6. The van der Waals surface area contributed by atoms with E-state index in [2.05, 4.69) is 10.6 Å². The van der Waals surface area contributed by atoms with Crippen LogP contribution in [-0.4, -0.2) is 44.2 Å². The van der Waals surface area contributed by atoms with Crippen molar-refractivity contribution in [2.45, 2.75) is 28.2 Å². The van der Waals surface area contributed by atoms with E-state index in [0.717, 1.165) is 6.26 Å². The Morgan fingerprint density at radius 1 is 1.26 bits per heavy atom. The molecule has 2 N–H and O–H groups in total. The molecule has 1 heterocycles. The highest BCUT2D eigenvalue weighted by Crippen LogP contribution is 2.30. The summed E-state index contributed by atoms with van der Waals surface area (Å²) in [6.45, 7) is 0.898. The average molecular weight is 364 g/mol. The highest BCUT2D eigenvalue weighted by atomic mass is 32.2. The third-order valence-corrected chi connectivity index (χ3v) is 6.61. The number of halogens is 2. The first-order chi connectivity index (χ1) is 10.7. The monoisotopic (exact) mass is 364 g/mol. The molecule has 0 unspecified atom stereocenters. The molecule has 1 aliphatic heterocycles. The lowest BCUT2D eigenvalue weighted by Crippen LogP contribution is -2.55. The number of amides is 1. The first-order valence-corrected chi connectivity index (χ1v) is 9.78. The zero-order valence-electron chi connectivity index (χ0n) is 12.5. The van der Waals surface area contributed by atoms with Gasteiger partial charge >= 0.3 is 0 Å². The van der Waals surface area contributed by atoms with Crippen LogP contribution < -0.4 is 10.6 Å². The van der Waals surface area contributed by atoms with Crippen LogP contribution in [0.1, 0.15) is 12.8 Å². The van der Waals surface area contributed by atoms with Gasteiger partial charge in [0.1, 0.15) is 0 Å². The van der Waals surface area contributed by atoms with E-state index in [1.165, 1.54) is 24.3 Å². The fourth-order valence-corrected chi connectivity index (χ4v) is 4.39. The van der Waals surface area contributed by atoms with Gasteiger partial charge in [-0.05, 0) is 50.2 Å². The van der Waals surface area contributed by atoms with Gasteiger partial charge in [0.25, 0.3) is 5.76 Å². The Bertz CT molecular complexity index is 657. The minimum atomic E-state index is -3.59. The Morgan fingerprint density at radius 3 is 2.30 bits per heavy atom. The standard InChI is InChI=1S/C14H18F2N2O3S2/c1-23(20,21)14(6-8-17-9-7-14)12(19)18-10-2-4-11(5-3-10)22-13(15)16/h2-5,13,17H,6-9H2,1H3,(H,18,19). The molecule has 0 aliphatic carbocycles. The van der Waals surface area contributed by atoms with Gasteiger partial charge in [-0.15, -0.1) is 0 Å². The molecule has 1 aromatic rings. The molecule has 1 saturated heterocycles. The second-order valence-electron chi connectivity index (χ2n) is 5.37. The first kappa shape index (κ1) is 18.2. The summed E-state index contributed by atoms with van der Waals surface area (Å²) in [7, 11) is -3.59. The van der Waals surface area contributed by atoms with Gasteiger partial charge in [-0.25, -0.2) is 8.42 Å². The summed E-state index contributed by atoms with van der Waals surface area (Å²) < 4.78 is 47.4. The quantitative estimate of drug-likeness (QED) is 0.783. The summed E-state index contributed by atoms with van der Waals surface area (Å²) in [5, 5.41) is 5.63. The van der Waals surface area contributed by atoms with E-state index in [-0.39, 0.29) is 12.8 Å². The van der Waals surface area contributed by atoms with Crippen molar-refractivity contribution >= 4 is 33.2 Å². The predicted octanol–water partition coefficient (Wildman–Crippen LogP) is 2.11. The molecule has 128 valence electrons. The topological polar surface area (TPSA) is 75.3 Å². The molecule has 2 rings (SSSR count). The molecule has 9 heteroatoms. The van der Waals surface area contributed by atoms with Crippen LogP contribution in [0.3, 0.4) is 0 Å². The van der Waals surface area contributed by atoms with Crippen molar-refractivity contribution in [1.82, 2.24) is 5.32 Å². The van der Waals surface area contributed by atoms with E-state index >= 15 is 0 Å². The molecule has 1 amide bonds. The van der Waals surface area contributed by atoms with Crippen molar-refractivity contribution in [3.05, 3.63) is 24.3 Å². The van der Waals surface area contributed by atoms with Crippen LogP contribution in [0.15, 0.2) is 29.2 Å². The number of benzene rings is 1. The Hall–Kier alpha value is -1.19. The second kappa shape index (κ2) is 7.14. The van der Waals surface area contributed by atoms with E-state index < -0.39 is 26.2 Å². The second-order valence-corrected chi connectivity index (χ2v) is 8.76. The third kappa shape index (κ3) is 4.21. The van der Waals surface area contributed by atoms with Crippen molar-refractivity contribution in [3.63, 3.8) is 0 Å². The molecule has 1 aliphatic rings. The van der Waals surface area contributed by atoms with E-state index in [0.29, 0.717) is 35.4 Å². The lowest BCUT2D eigenvalue weighted by molar-refractivity contribution is -0.119. The fourth-order valence-electron chi connectivity index (χ4n) is 2.56. The number of carbonyl (C=O) groups is 1. The number of hydrogen-bond acceptors (Lipinski definition) is 5. The van der Waals surface area contributed by atoms with E-state index in [1.54, 1.807) is 0 Å². The van der Waals surface area contributed by atoms with Crippen molar-refractivity contribution in [1.29, 1.82) is 0 Å². The number of sulfone groups is 1. The Balaban J connectivity index is 2.16. The number of carbonyl (C=O) groups excluding carboxylic acids is 1. The molecular formula is C14H18F2N2O3S2. The van der Waals surface area contributed by atoms with Gasteiger partial charge in [-0.1, -0.05) is 11.8 Å². The van der Waals surface area contributed by atoms with Gasteiger partial charge in [-0.3, -0.25) is 4.79 Å². The number of piperidine rings is 1. The van der Waals surface area contributed by atoms with Crippen LogP contribution >= 0.6 is 11.8 Å². The largest absolute Gasteiger partial charge is 0.325 e. The molecule has 5 nitrogen and oxygen atoms in total. The highest BCUT2D eigenvalue weighted by molar-refractivity contribution is 7.99.